The van der Waals surface area contributed by atoms with Crippen molar-refractivity contribution in [3.63, 3.8) is 0 Å². The molecule has 1 N–H and O–H groups in total. The number of rotatable bonds is 4. The molecule has 4 heteroatoms. The van der Waals surface area contributed by atoms with Gasteiger partial charge in [-0.2, -0.15) is 0 Å². The van der Waals surface area contributed by atoms with Crippen LogP contribution in [0.2, 0.25) is 0 Å². The Morgan fingerprint density at radius 1 is 1.20 bits per heavy atom. The second-order valence-electron chi connectivity index (χ2n) is 5.06. The Hall–Kier alpha value is -2.36. The molecule has 1 aromatic heterocycles. The number of para-hydroxylation sites is 1. The average Bonchev–Trinajstić information content (AvgIpc) is 3.31. The summed E-state index contributed by atoms with van der Waals surface area (Å²) in [6, 6.07) is 13.3. The molecule has 1 fully saturated rings. The smallest absolute Gasteiger partial charge is 0.306 e. The lowest BCUT2D eigenvalue weighted by atomic mass is 10.2. The molecule has 1 aromatic carbocycles. The second kappa shape index (κ2) is 5.74. The number of hydrogen-bond donors (Lipinski definition) is 1. The number of carbonyl (C=O) groups excluding carboxylic acids is 1. The summed E-state index contributed by atoms with van der Waals surface area (Å²) in [5, 5.41) is 2.90. The summed E-state index contributed by atoms with van der Waals surface area (Å²) in [6.07, 6.45) is 5.76. The Morgan fingerprint density at radius 2 is 2.00 bits per heavy atom. The van der Waals surface area contributed by atoms with Crippen LogP contribution in [0.5, 0.6) is 0 Å². The summed E-state index contributed by atoms with van der Waals surface area (Å²) in [7, 11) is 0. The van der Waals surface area contributed by atoms with Gasteiger partial charge in [0.2, 0.25) is 0 Å². The van der Waals surface area contributed by atoms with E-state index in [4.69, 9.17) is 0 Å². The predicted octanol–water partition coefficient (Wildman–Crippen LogP) is 3.53. The van der Waals surface area contributed by atoms with Gasteiger partial charge in [0.05, 0.1) is 11.9 Å². The summed E-state index contributed by atoms with van der Waals surface area (Å²) in [6.45, 7) is 0.774. The third-order valence-corrected chi connectivity index (χ3v) is 3.36. The minimum absolute atomic E-state index is 0.101. The molecule has 0 unspecified atom stereocenters. The fourth-order valence-corrected chi connectivity index (χ4v) is 2.10. The van der Waals surface area contributed by atoms with Gasteiger partial charge in [-0.1, -0.05) is 18.2 Å². The van der Waals surface area contributed by atoms with Crippen LogP contribution in [-0.2, 0) is 0 Å². The highest BCUT2D eigenvalue weighted by molar-refractivity contribution is 6.01. The summed E-state index contributed by atoms with van der Waals surface area (Å²) in [4.78, 5) is 18.3. The quantitative estimate of drug-likeness (QED) is 0.921. The van der Waals surface area contributed by atoms with Gasteiger partial charge in [-0.15, -0.1) is 0 Å². The van der Waals surface area contributed by atoms with Crippen LogP contribution in [-0.4, -0.2) is 17.6 Å². The maximum Gasteiger partial charge on any atom is 0.326 e. The van der Waals surface area contributed by atoms with Crippen LogP contribution in [0.3, 0.4) is 0 Å². The van der Waals surface area contributed by atoms with Crippen molar-refractivity contribution >= 4 is 17.4 Å². The van der Waals surface area contributed by atoms with Crippen molar-refractivity contribution in [2.45, 2.75) is 12.8 Å². The first-order valence-electron chi connectivity index (χ1n) is 6.86. The van der Waals surface area contributed by atoms with Crippen LogP contribution in [0.25, 0.3) is 0 Å². The van der Waals surface area contributed by atoms with Crippen molar-refractivity contribution < 1.29 is 4.79 Å². The molecule has 1 heterocycles. The highest BCUT2D eigenvalue weighted by atomic mass is 16.2. The molecule has 3 rings (SSSR count). The number of pyridine rings is 1. The first-order valence-corrected chi connectivity index (χ1v) is 6.86. The lowest BCUT2D eigenvalue weighted by Gasteiger charge is -2.23. The summed E-state index contributed by atoms with van der Waals surface area (Å²) in [5.74, 6) is 0.634. The third-order valence-electron chi connectivity index (χ3n) is 3.36. The molecule has 1 aliphatic rings. The summed E-state index contributed by atoms with van der Waals surface area (Å²) >= 11 is 0. The van der Waals surface area contributed by atoms with Crippen molar-refractivity contribution in [2.24, 2.45) is 5.92 Å². The minimum Gasteiger partial charge on any atom is -0.306 e. The molecule has 0 spiro atoms. The van der Waals surface area contributed by atoms with Gasteiger partial charge in [0.1, 0.15) is 0 Å². The predicted molar refractivity (Wildman–Crippen MR) is 79.8 cm³/mol. The molecule has 20 heavy (non-hydrogen) atoms. The zero-order chi connectivity index (χ0) is 13.8. The molecular formula is C16H17N3O. The molecule has 1 aliphatic carbocycles. The van der Waals surface area contributed by atoms with Crippen molar-refractivity contribution in [1.29, 1.82) is 0 Å². The summed E-state index contributed by atoms with van der Waals surface area (Å²) in [5.41, 5.74) is 1.65. The van der Waals surface area contributed by atoms with E-state index < -0.39 is 0 Å². The number of aromatic nitrogens is 1. The largest absolute Gasteiger partial charge is 0.326 e. The van der Waals surface area contributed by atoms with Crippen molar-refractivity contribution in [3.8, 4) is 0 Å². The van der Waals surface area contributed by atoms with E-state index in [9.17, 15) is 4.79 Å². The molecule has 0 atom stereocenters. The standard InChI is InChI=1S/C16H17N3O/c20-16(18-14-5-4-10-17-11-14)19(12-13-8-9-13)15-6-2-1-3-7-15/h1-7,10-11,13H,8-9,12H2,(H,18,20). The topological polar surface area (TPSA) is 45.2 Å². The number of anilines is 2. The molecule has 0 aliphatic heterocycles. The van der Waals surface area contributed by atoms with Gasteiger partial charge in [0, 0.05) is 18.4 Å². The highest BCUT2D eigenvalue weighted by Crippen LogP contribution is 2.31. The van der Waals surface area contributed by atoms with E-state index in [-0.39, 0.29) is 6.03 Å². The van der Waals surface area contributed by atoms with Crippen LogP contribution < -0.4 is 10.2 Å². The fraction of sp³-hybridized carbons (Fsp3) is 0.250. The molecule has 0 bridgehead atoms. The van der Waals surface area contributed by atoms with E-state index in [2.05, 4.69) is 10.3 Å². The maximum atomic E-state index is 12.5. The molecule has 4 nitrogen and oxygen atoms in total. The second-order valence-corrected chi connectivity index (χ2v) is 5.06. The van der Waals surface area contributed by atoms with Crippen LogP contribution in [0, 0.1) is 5.92 Å². The Labute approximate surface area is 118 Å². The van der Waals surface area contributed by atoms with E-state index >= 15 is 0 Å². The van der Waals surface area contributed by atoms with Gasteiger partial charge < -0.3 is 5.32 Å². The van der Waals surface area contributed by atoms with E-state index in [1.165, 1.54) is 12.8 Å². The lowest BCUT2D eigenvalue weighted by Crippen LogP contribution is -2.36. The first kappa shape index (κ1) is 12.7. The normalized spacial score (nSPS) is 13.8. The van der Waals surface area contributed by atoms with Gasteiger partial charge >= 0.3 is 6.03 Å². The highest BCUT2D eigenvalue weighted by Gasteiger charge is 2.27. The Morgan fingerprint density at radius 3 is 2.65 bits per heavy atom. The van der Waals surface area contributed by atoms with Crippen molar-refractivity contribution in [3.05, 3.63) is 54.9 Å². The van der Waals surface area contributed by atoms with Crippen LogP contribution in [0.4, 0.5) is 16.2 Å². The first-order chi connectivity index (χ1) is 9.83. The number of amides is 2. The Bertz CT molecular complexity index is 567. The maximum absolute atomic E-state index is 12.5. The Kier molecular flexibility index (Phi) is 3.63. The van der Waals surface area contributed by atoms with Crippen LogP contribution >= 0.6 is 0 Å². The van der Waals surface area contributed by atoms with Crippen LogP contribution in [0.15, 0.2) is 54.9 Å². The van der Waals surface area contributed by atoms with Gasteiger partial charge in [-0.25, -0.2) is 4.79 Å². The van der Waals surface area contributed by atoms with Crippen molar-refractivity contribution in [1.82, 2.24) is 4.98 Å². The van der Waals surface area contributed by atoms with Gasteiger partial charge in [0.15, 0.2) is 0 Å². The Balaban J connectivity index is 1.76. The van der Waals surface area contributed by atoms with E-state index in [1.807, 2.05) is 47.4 Å². The number of benzene rings is 1. The number of urea groups is 1. The molecule has 102 valence electrons. The SMILES string of the molecule is O=C(Nc1cccnc1)N(CC1CC1)c1ccccc1. The molecular weight excluding hydrogens is 250 g/mol. The van der Waals surface area contributed by atoms with Crippen molar-refractivity contribution in [2.75, 3.05) is 16.8 Å². The monoisotopic (exact) mass is 267 g/mol. The van der Waals surface area contributed by atoms with E-state index in [0.717, 1.165) is 12.2 Å². The fourth-order valence-electron chi connectivity index (χ4n) is 2.10. The minimum atomic E-state index is -0.101. The van der Waals surface area contributed by atoms with Gasteiger partial charge in [-0.3, -0.25) is 9.88 Å². The number of nitrogens with one attached hydrogen (secondary N) is 1. The third kappa shape index (κ3) is 3.15. The summed E-state index contributed by atoms with van der Waals surface area (Å²) < 4.78 is 0. The zero-order valence-electron chi connectivity index (χ0n) is 11.2. The van der Waals surface area contributed by atoms with E-state index in [0.29, 0.717) is 11.6 Å². The number of carbonyl (C=O) groups is 1. The molecule has 2 amide bonds. The van der Waals surface area contributed by atoms with Crippen LogP contribution in [0.1, 0.15) is 12.8 Å². The molecule has 1 saturated carbocycles. The average molecular weight is 267 g/mol. The molecule has 0 radical (unpaired) electrons. The van der Waals surface area contributed by atoms with Gasteiger partial charge in [-0.05, 0) is 43.0 Å². The zero-order valence-corrected chi connectivity index (χ0v) is 11.2. The van der Waals surface area contributed by atoms with E-state index in [1.54, 1.807) is 12.4 Å². The van der Waals surface area contributed by atoms with Gasteiger partial charge in [0.25, 0.3) is 0 Å². The molecule has 2 aromatic rings. The number of hydrogen-bond acceptors (Lipinski definition) is 2. The number of nitrogens with zero attached hydrogens (tertiary/aromatic N) is 2. The lowest BCUT2D eigenvalue weighted by molar-refractivity contribution is 0.256. The molecule has 0 saturated heterocycles.